The van der Waals surface area contributed by atoms with Crippen LogP contribution >= 0.6 is 0 Å². The number of rotatable bonds is 46. The van der Waals surface area contributed by atoms with Gasteiger partial charge < -0.3 is 23.5 Å². The van der Waals surface area contributed by atoms with Crippen molar-refractivity contribution < 1.29 is 38.1 Å². The second-order valence-electron chi connectivity index (χ2n) is 19.4. The smallest absolute Gasteiger partial charge is 0.307 e. The SMILES string of the molecule is CCCCCCCCCCCOC(=O)CCCCCN1CC(OC(=O)CCCn2ccnc2)C[C@H]1CC(=O)OCCCCCCCC(=O)OC(CCCCCCCC)CCCCCCCC. The quantitative estimate of drug-likeness (QED) is 0.0354. The van der Waals surface area contributed by atoms with Gasteiger partial charge in [0.2, 0.25) is 0 Å². The summed E-state index contributed by atoms with van der Waals surface area (Å²) in [5, 5.41) is 0. The van der Waals surface area contributed by atoms with Gasteiger partial charge in [0.15, 0.2) is 0 Å². The van der Waals surface area contributed by atoms with E-state index in [0.717, 1.165) is 96.4 Å². The summed E-state index contributed by atoms with van der Waals surface area (Å²) in [6.45, 7) is 9.72. The number of imidazole rings is 1. The summed E-state index contributed by atoms with van der Waals surface area (Å²) in [5.41, 5.74) is 0. The van der Waals surface area contributed by atoms with E-state index in [4.69, 9.17) is 18.9 Å². The third kappa shape index (κ3) is 33.5. The van der Waals surface area contributed by atoms with Crippen molar-refractivity contribution in [2.24, 2.45) is 0 Å². The number of esters is 4. The van der Waals surface area contributed by atoms with E-state index in [9.17, 15) is 19.2 Å². The molecule has 1 unspecified atom stereocenters. The first kappa shape index (κ1) is 59.2. The minimum Gasteiger partial charge on any atom is -0.466 e. The molecule has 2 atom stereocenters. The molecule has 0 bridgehead atoms. The first-order chi connectivity index (χ1) is 32.3. The number of aryl methyl sites for hydroxylation is 1. The van der Waals surface area contributed by atoms with Gasteiger partial charge in [-0.3, -0.25) is 24.1 Å². The zero-order valence-electron chi connectivity index (χ0n) is 42.8. The van der Waals surface area contributed by atoms with Crippen molar-refractivity contribution in [2.75, 3.05) is 26.3 Å². The summed E-state index contributed by atoms with van der Waals surface area (Å²) < 4.78 is 25.1. The number of hydrogen-bond acceptors (Lipinski definition) is 10. The number of carbonyl (C=O) groups excluding carboxylic acids is 4. The van der Waals surface area contributed by atoms with Gasteiger partial charge in [-0.05, 0) is 70.8 Å². The molecule has 2 rings (SSSR count). The van der Waals surface area contributed by atoms with E-state index >= 15 is 0 Å². The van der Waals surface area contributed by atoms with Gasteiger partial charge in [0.05, 0.1) is 26.0 Å². The van der Waals surface area contributed by atoms with Crippen LogP contribution in [0.2, 0.25) is 0 Å². The first-order valence-electron chi connectivity index (χ1n) is 27.7. The molecule has 2 heterocycles. The monoisotopic (exact) mass is 930 g/mol. The molecule has 1 fully saturated rings. The van der Waals surface area contributed by atoms with Gasteiger partial charge in [0.1, 0.15) is 12.2 Å². The Balaban J connectivity index is 1.66. The molecular weight excluding hydrogens is 831 g/mol. The van der Waals surface area contributed by atoms with E-state index in [1.165, 1.54) is 109 Å². The normalized spacial score (nSPS) is 15.1. The van der Waals surface area contributed by atoms with Crippen LogP contribution in [0, 0.1) is 0 Å². The highest BCUT2D eigenvalue weighted by Crippen LogP contribution is 2.25. The fraction of sp³-hybridized carbons (Fsp3) is 0.873. The van der Waals surface area contributed by atoms with E-state index < -0.39 is 0 Å². The summed E-state index contributed by atoms with van der Waals surface area (Å²) in [6, 6.07) is -0.0569. The van der Waals surface area contributed by atoms with Gasteiger partial charge in [-0.2, -0.15) is 0 Å². The maximum atomic E-state index is 13.1. The molecule has 1 aliphatic heterocycles. The van der Waals surface area contributed by atoms with E-state index in [1.54, 1.807) is 12.5 Å². The van der Waals surface area contributed by atoms with Gasteiger partial charge in [-0.15, -0.1) is 0 Å². The van der Waals surface area contributed by atoms with Crippen molar-refractivity contribution in [2.45, 2.75) is 283 Å². The topological polar surface area (TPSA) is 126 Å². The van der Waals surface area contributed by atoms with Crippen molar-refractivity contribution in [3.63, 3.8) is 0 Å². The Morgan fingerprint density at radius 2 is 1.02 bits per heavy atom. The number of carbonyl (C=O) groups is 4. The summed E-state index contributed by atoms with van der Waals surface area (Å²) in [6.07, 6.45) is 43.2. The van der Waals surface area contributed by atoms with Crippen LogP contribution in [-0.4, -0.2) is 82.9 Å². The Hall–Kier alpha value is -2.95. The highest BCUT2D eigenvalue weighted by atomic mass is 16.6. The molecule has 0 N–H and O–H groups in total. The maximum absolute atomic E-state index is 13.1. The average Bonchev–Trinajstić information content (AvgIpc) is 3.96. The third-order valence-electron chi connectivity index (χ3n) is 13.2. The highest BCUT2D eigenvalue weighted by molar-refractivity contribution is 5.71. The molecule has 0 amide bonds. The second-order valence-corrected chi connectivity index (χ2v) is 19.4. The minimum absolute atomic E-state index is 0.0472. The van der Waals surface area contributed by atoms with Gasteiger partial charge in [-0.1, -0.05) is 162 Å². The fourth-order valence-corrected chi connectivity index (χ4v) is 9.16. The summed E-state index contributed by atoms with van der Waals surface area (Å²) in [7, 11) is 0. The summed E-state index contributed by atoms with van der Waals surface area (Å²) in [4.78, 5) is 57.3. The number of nitrogens with zero attached hydrogens (tertiary/aromatic N) is 3. The Labute approximate surface area is 403 Å². The summed E-state index contributed by atoms with van der Waals surface area (Å²) >= 11 is 0. The zero-order chi connectivity index (χ0) is 47.6. The zero-order valence-corrected chi connectivity index (χ0v) is 42.8. The molecule has 0 aliphatic carbocycles. The Bertz CT molecular complexity index is 1290. The standard InChI is InChI=1S/C55H99N3O8/c1-4-7-10-13-16-17-18-23-31-43-63-52(59)36-29-25-30-41-58-47-51(66-54(61)38-33-40-57-42-39-56-48-57)45-49(58)46-55(62)64-44-32-24-19-22-28-37-53(60)65-50(34-26-20-14-11-8-5-2)35-27-21-15-12-9-6-3/h39,42,48-51H,4-38,40-41,43-47H2,1-3H3/t49-,51?/m0/s1. The molecule has 1 aromatic heterocycles. The molecule has 11 nitrogen and oxygen atoms in total. The van der Waals surface area contributed by atoms with Gasteiger partial charge in [-0.25, -0.2) is 4.98 Å². The van der Waals surface area contributed by atoms with Crippen LogP contribution in [0.5, 0.6) is 0 Å². The van der Waals surface area contributed by atoms with Crippen LogP contribution in [-0.2, 0) is 44.7 Å². The maximum Gasteiger partial charge on any atom is 0.307 e. The Kier molecular flexibility index (Phi) is 37.8. The van der Waals surface area contributed by atoms with E-state index in [-0.39, 0.29) is 48.5 Å². The van der Waals surface area contributed by atoms with E-state index in [1.807, 2.05) is 10.8 Å². The molecule has 1 aromatic rings. The van der Waals surface area contributed by atoms with Crippen LogP contribution in [0.25, 0.3) is 0 Å². The number of ether oxygens (including phenoxy) is 4. The molecule has 0 aromatic carbocycles. The lowest BCUT2D eigenvalue weighted by atomic mass is 10.0. The Morgan fingerprint density at radius 1 is 0.530 bits per heavy atom. The van der Waals surface area contributed by atoms with Crippen LogP contribution in [0.1, 0.15) is 258 Å². The molecule has 66 heavy (non-hydrogen) atoms. The largest absolute Gasteiger partial charge is 0.466 e. The molecule has 382 valence electrons. The highest BCUT2D eigenvalue weighted by Gasteiger charge is 2.35. The predicted octanol–water partition coefficient (Wildman–Crippen LogP) is 14.0. The van der Waals surface area contributed by atoms with Crippen LogP contribution in [0.3, 0.4) is 0 Å². The molecule has 0 saturated carbocycles. The Morgan fingerprint density at radius 3 is 1.58 bits per heavy atom. The second kappa shape index (κ2) is 42.2. The minimum atomic E-state index is -0.261. The lowest BCUT2D eigenvalue weighted by molar-refractivity contribution is -0.150. The van der Waals surface area contributed by atoms with Crippen molar-refractivity contribution in [1.29, 1.82) is 0 Å². The molecular formula is C55H99N3O8. The number of hydrogen-bond donors (Lipinski definition) is 0. The van der Waals surface area contributed by atoms with Crippen molar-refractivity contribution in [3.8, 4) is 0 Å². The van der Waals surface area contributed by atoms with Crippen molar-refractivity contribution in [3.05, 3.63) is 18.7 Å². The third-order valence-corrected chi connectivity index (χ3v) is 13.2. The van der Waals surface area contributed by atoms with Gasteiger partial charge >= 0.3 is 23.9 Å². The molecule has 0 spiro atoms. The van der Waals surface area contributed by atoms with E-state index in [2.05, 4.69) is 30.7 Å². The molecule has 11 heteroatoms. The van der Waals surface area contributed by atoms with Gasteiger partial charge in [0, 0.05) is 57.2 Å². The average molecular weight is 930 g/mol. The van der Waals surface area contributed by atoms with Crippen molar-refractivity contribution >= 4 is 23.9 Å². The van der Waals surface area contributed by atoms with Crippen LogP contribution < -0.4 is 0 Å². The van der Waals surface area contributed by atoms with Gasteiger partial charge in [0.25, 0.3) is 0 Å². The number of likely N-dealkylation sites (tertiary alicyclic amines) is 1. The van der Waals surface area contributed by atoms with E-state index in [0.29, 0.717) is 58.4 Å². The lowest BCUT2D eigenvalue weighted by Gasteiger charge is -2.23. The molecule has 1 saturated heterocycles. The number of aromatic nitrogens is 2. The first-order valence-corrected chi connectivity index (χ1v) is 27.7. The van der Waals surface area contributed by atoms with Crippen LogP contribution in [0.15, 0.2) is 18.7 Å². The molecule has 0 radical (unpaired) electrons. The van der Waals surface area contributed by atoms with Crippen LogP contribution in [0.4, 0.5) is 0 Å². The molecule has 1 aliphatic rings. The lowest BCUT2D eigenvalue weighted by Crippen LogP contribution is -2.33. The number of unbranched alkanes of at least 4 members (excludes halogenated alkanes) is 24. The summed E-state index contributed by atoms with van der Waals surface area (Å²) in [5.74, 6) is -0.588. The van der Waals surface area contributed by atoms with Crippen molar-refractivity contribution in [1.82, 2.24) is 14.5 Å². The fourth-order valence-electron chi connectivity index (χ4n) is 9.16. The predicted molar refractivity (Wildman–Crippen MR) is 267 cm³/mol.